The average Bonchev–Trinajstić information content (AvgIpc) is 3.09. The third-order valence-electron chi connectivity index (χ3n) is 4.74. The van der Waals surface area contributed by atoms with Gasteiger partial charge in [0, 0.05) is 34.7 Å². The Kier molecular flexibility index (Phi) is 4.50. The van der Waals surface area contributed by atoms with Crippen molar-refractivity contribution in [3.8, 4) is 5.75 Å². The Morgan fingerprint density at radius 3 is 2.85 bits per heavy atom. The molecule has 0 saturated carbocycles. The summed E-state index contributed by atoms with van der Waals surface area (Å²) in [5.74, 6) is 0.750. The fraction of sp³-hybridized carbons (Fsp3) is 0.182. The number of methoxy groups -OCH3 is 1. The maximum Gasteiger partial charge on any atom is 0.252 e. The Bertz CT molecular complexity index is 1130. The number of pyridine rings is 1. The second-order valence-corrected chi connectivity index (χ2v) is 6.56. The van der Waals surface area contributed by atoms with Crippen molar-refractivity contribution in [1.29, 1.82) is 0 Å². The number of H-pyrrole nitrogens is 1. The Labute approximate surface area is 157 Å². The normalized spacial score (nSPS) is 11.0. The van der Waals surface area contributed by atoms with Crippen LogP contribution in [0.3, 0.4) is 0 Å². The number of fused-ring (bicyclic) bond motifs is 2. The van der Waals surface area contributed by atoms with Crippen molar-refractivity contribution < 1.29 is 9.53 Å². The van der Waals surface area contributed by atoms with Crippen molar-refractivity contribution in [3.05, 3.63) is 71.5 Å². The molecule has 5 heteroatoms. The van der Waals surface area contributed by atoms with E-state index < -0.39 is 0 Å². The highest BCUT2D eigenvalue weighted by Crippen LogP contribution is 2.24. The van der Waals surface area contributed by atoms with Crippen LogP contribution in [0.4, 0.5) is 0 Å². The molecule has 0 saturated heterocycles. The number of para-hydroxylation sites is 1. The molecule has 4 aromatic rings. The van der Waals surface area contributed by atoms with Gasteiger partial charge in [-0.1, -0.05) is 18.2 Å². The van der Waals surface area contributed by atoms with E-state index in [0.717, 1.165) is 45.2 Å². The van der Waals surface area contributed by atoms with Gasteiger partial charge >= 0.3 is 0 Å². The van der Waals surface area contributed by atoms with Crippen LogP contribution in [0, 0.1) is 6.92 Å². The number of nitrogens with zero attached hydrogens (tertiary/aromatic N) is 1. The van der Waals surface area contributed by atoms with Crippen molar-refractivity contribution in [2.75, 3.05) is 13.7 Å². The number of amides is 1. The molecular formula is C22H21N3O2. The molecule has 0 unspecified atom stereocenters. The van der Waals surface area contributed by atoms with Crippen LogP contribution in [-0.2, 0) is 6.42 Å². The lowest BCUT2D eigenvalue weighted by Gasteiger charge is -2.09. The van der Waals surface area contributed by atoms with Crippen LogP contribution in [0.5, 0.6) is 5.75 Å². The molecule has 0 atom stereocenters. The minimum Gasteiger partial charge on any atom is -0.497 e. The van der Waals surface area contributed by atoms with Crippen molar-refractivity contribution in [1.82, 2.24) is 15.3 Å². The lowest BCUT2D eigenvalue weighted by molar-refractivity contribution is 0.0955. The van der Waals surface area contributed by atoms with Crippen LogP contribution in [0.1, 0.15) is 21.6 Å². The van der Waals surface area contributed by atoms with Crippen LogP contribution in [0.15, 0.2) is 54.7 Å². The van der Waals surface area contributed by atoms with E-state index in [9.17, 15) is 4.79 Å². The SMILES string of the molecule is COc1ccc2[nH]cc(CCNC(=O)c3cc(C)nc4ccccc34)c2c1. The van der Waals surface area contributed by atoms with E-state index in [-0.39, 0.29) is 5.91 Å². The van der Waals surface area contributed by atoms with E-state index in [1.165, 1.54) is 0 Å². The number of aryl methyl sites for hydroxylation is 1. The Morgan fingerprint density at radius 2 is 2.00 bits per heavy atom. The molecule has 4 rings (SSSR count). The van der Waals surface area contributed by atoms with Crippen LogP contribution in [-0.4, -0.2) is 29.5 Å². The largest absolute Gasteiger partial charge is 0.497 e. The zero-order chi connectivity index (χ0) is 18.8. The summed E-state index contributed by atoms with van der Waals surface area (Å²) < 4.78 is 5.31. The fourth-order valence-corrected chi connectivity index (χ4v) is 3.39. The van der Waals surface area contributed by atoms with Crippen LogP contribution in [0.25, 0.3) is 21.8 Å². The molecule has 27 heavy (non-hydrogen) atoms. The zero-order valence-electron chi connectivity index (χ0n) is 15.4. The van der Waals surface area contributed by atoms with Gasteiger partial charge in [0.15, 0.2) is 0 Å². The second-order valence-electron chi connectivity index (χ2n) is 6.56. The zero-order valence-corrected chi connectivity index (χ0v) is 15.4. The third-order valence-corrected chi connectivity index (χ3v) is 4.74. The molecule has 136 valence electrons. The van der Waals surface area contributed by atoms with E-state index >= 15 is 0 Å². The Balaban J connectivity index is 1.51. The van der Waals surface area contributed by atoms with Crippen molar-refractivity contribution in [2.45, 2.75) is 13.3 Å². The van der Waals surface area contributed by atoms with E-state index in [4.69, 9.17) is 4.74 Å². The number of hydrogen-bond acceptors (Lipinski definition) is 3. The smallest absolute Gasteiger partial charge is 0.252 e. The van der Waals surface area contributed by atoms with Crippen molar-refractivity contribution in [3.63, 3.8) is 0 Å². The van der Waals surface area contributed by atoms with Crippen molar-refractivity contribution in [2.24, 2.45) is 0 Å². The summed E-state index contributed by atoms with van der Waals surface area (Å²) in [5.41, 5.74) is 4.56. The predicted octanol–water partition coefficient (Wildman–Crippen LogP) is 4.01. The molecule has 0 aliphatic carbocycles. The maximum atomic E-state index is 12.7. The summed E-state index contributed by atoms with van der Waals surface area (Å²) in [6.07, 6.45) is 2.73. The molecule has 2 aromatic heterocycles. The first kappa shape index (κ1) is 17.1. The number of rotatable bonds is 5. The predicted molar refractivity (Wildman–Crippen MR) is 107 cm³/mol. The minimum absolute atomic E-state index is 0.0749. The molecule has 0 aliphatic heterocycles. The maximum absolute atomic E-state index is 12.7. The number of carbonyl (C=O) groups excluding carboxylic acids is 1. The monoisotopic (exact) mass is 359 g/mol. The van der Waals surface area contributed by atoms with Gasteiger partial charge in [0.2, 0.25) is 0 Å². The van der Waals surface area contributed by atoms with E-state index in [1.54, 1.807) is 7.11 Å². The topological polar surface area (TPSA) is 67.0 Å². The van der Waals surface area contributed by atoms with Gasteiger partial charge in [-0.05, 0) is 49.2 Å². The molecule has 1 amide bonds. The minimum atomic E-state index is -0.0749. The summed E-state index contributed by atoms with van der Waals surface area (Å²) in [5, 5.41) is 5.03. The molecule has 0 spiro atoms. The molecular weight excluding hydrogens is 338 g/mol. The van der Waals surface area contributed by atoms with Gasteiger partial charge in [0.25, 0.3) is 5.91 Å². The van der Waals surface area contributed by atoms with Gasteiger partial charge in [0.05, 0.1) is 18.2 Å². The third kappa shape index (κ3) is 3.36. The summed E-state index contributed by atoms with van der Waals surface area (Å²) in [6.45, 7) is 2.46. The van der Waals surface area contributed by atoms with Gasteiger partial charge in [-0.3, -0.25) is 9.78 Å². The summed E-state index contributed by atoms with van der Waals surface area (Å²) >= 11 is 0. The molecule has 0 aliphatic rings. The van der Waals surface area contributed by atoms with Crippen LogP contribution in [0.2, 0.25) is 0 Å². The summed E-state index contributed by atoms with van der Waals surface area (Å²) in [4.78, 5) is 20.5. The number of aromatic amines is 1. The van der Waals surface area contributed by atoms with Crippen LogP contribution < -0.4 is 10.1 Å². The fourth-order valence-electron chi connectivity index (χ4n) is 3.39. The van der Waals surface area contributed by atoms with Gasteiger partial charge in [-0.25, -0.2) is 0 Å². The summed E-state index contributed by atoms with van der Waals surface area (Å²) in [7, 11) is 1.66. The number of nitrogens with one attached hydrogen (secondary N) is 2. The van der Waals surface area contributed by atoms with Gasteiger partial charge < -0.3 is 15.0 Å². The van der Waals surface area contributed by atoms with Gasteiger partial charge in [0.1, 0.15) is 5.75 Å². The molecule has 2 aromatic carbocycles. The van der Waals surface area contributed by atoms with E-state index in [1.807, 2.05) is 61.7 Å². The number of carbonyl (C=O) groups is 1. The van der Waals surface area contributed by atoms with Crippen LogP contribution >= 0.6 is 0 Å². The van der Waals surface area contributed by atoms with Gasteiger partial charge in [-0.15, -0.1) is 0 Å². The number of benzene rings is 2. The average molecular weight is 359 g/mol. The highest BCUT2D eigenvalue weighted by molar-refractivity contribution is 6.06. The standard InChI is InChI=1S/C22H21N3O2/c1-14-11-19(17-5-3-4-6-21(17)25-14)22(26)23-10-9-15-13-24-20-8-7-16(27-2)12-18(15)20/h3-8,11-13,24H,9-10H2,1-2H3,(H,23,26). The number of hydrogen-bond donors (Lipinski definition) is 2. The van der Waals surface area contributed by atoms with E-state index in [0.29, 0.717) is 12.1 Å². The highest BCUT2D eigenvalue weighted by Gasteiger charge is 2.12. The quantitative estimate of drug-likeness (QED) is 0.566. The van der Waals surface area contributed by atoms with Crippen molar-refractivity contribution >= 4 is 27.7 Å². The lowest BCUT2D eigenvalue weighted by Crippen LogP contribution is -2.26. The number of aromatic nitrogens is 2. The first-order valence-electron chi connectivity index (χ1n) is 8.94. The molecule has 2 heterocycles. The lowest BCUT2D eigenvalue weighted by atomic mass is 10.1. The molecule has 2 N–H and O–H groups in total. The van der Waals surface area contributed by atoms with Gasteiger partial charge in [-0.2, -0.15) is 0 Å². The second kappa shape index (κ2) is 7.11. The van der Waals surface area contributed by atoms with E-state index in [2.05, 4.69) is 15.3 Å². The molecule has 5 nitrogen and oxygen atoms in total. The molecule has 0 fully saturated rings. The Morgan fingerprint density at radius 1 is 1.15 bits per heavy atom. The molecule has 0 bridgehead atoms. The number of ether oxygens (including phenoxy) is 1. The first-order valence-corrected chi connectivity index (χ1v) is 8.94. The first-order chi connectivity index (χ1) is 13.2. The Hall–Kier alpha value is -3.34. The highest BCUT2D eigenvalue weighted by atomic mass is 16.5. The molecule has 0 radical (unpaired) electrons. The summed E-state index contributed by atoms with van der Waals surface area (Å²) in [6, 6.07) is 15.5.